The maximum absolute atomic E-state index is 10.2. The van der Waals surface area contributed by atoms with Gasteiger partial charge in [-0.15, -0.1) is 0 Å². The van der Waals surface area contributed by atoms with Gasteiger partial charge in [-0.25, -0.2) is 0 Å². The summed E-state index contributed by atoms with van der Waals surface area (Å²) in [5, 5.41) is -2.07. The predicted molar refractivity (Wildman–Crippen MR) is 249 cm³/mol. The van der Waals surface area contributed by atoms with E-state index in [-0.39, 0.29) is 10.4 Å². The van der Waals surface area contributed by atoms with Crippen molar-refractivity contribution in [2.24, 2.45) is 0 Å². The molecular formula is C54H33BN2OS. The third kappa shape index (κ3) is 4.86. The van der Waals surface area contributed by atoms with Crippen molar-refractivity contribution in [3.05, 3.63) is 199 Å². The first kappa shape index (κ1) is 14.3. The molecule has 0 radical (unpaired) electrons. The van der Waals surface area contributed by atoms with Crippen LogP contribution in [0.2, 0.25) is 0 Å². The molecule has 13 rings (SSSR count). The van der Waals surface area contributed by atoms with Crippen molar-refractivity contribution in [3.8, 4) is 56.3 Å². The molecule has 2 aromatic heterocycles. The van der Waals surface area contributed by atoms with Gasteiger partial charge >= 0.3 is 0 Å². The van der Waals surface area contributed by atoms with Gasteiger partial charge in [-0.1, -0.05) is 133 Å². The van der Waals surface area contributed by atoms with Crippen LogP contribution in [0.1, 0.15) is 45.2 Å². The first-order valence-electron chi connectivity index (χ1n) is 34.0. The second-order valence-corrected chi connectivity index (χ2v) is 14.2. The number of ether oxygens (including phenoxy) is 1. The third-order valence-electron chi connectivity index (χ3n) is 9.97. The summed E-state index contributed by atoms with van der Waals surface area (Å²) < 4.78 is 311. The predicted octanol–water partition coefficient (Wildman–Crippen LogP) is 13.2. The van der Waals surface area contributed by atoms with Gasteiger partial charge in [0.05, 0.1) is 73.0 Å². The van der Waals surface area contributed by atoms with Crippen LogP contribution in [-0.4, -0.2) is 15.1 Å². The van der Waals surface area contributed by atoms with E-state index >= 15 is 0 Å². The molecule has 274 valence electrons. The normalized spacial score (nSPS) is 20.6. The van der Waals surface area contributed by atoms with Crippen LogP contribution in [0.3, 0.4) is 0 Å². The minimum Gasteiger partial charge on any atom is -0.458 e. The summed E-state index contributed by atoms with van der Waals surface area (Å²) in [7, 11) is 0. The molecule has 0 unspecified atom stereocenters. The average Bonchev–Trinajstić information content (AvgIpc) is 1.04. The number of para-hydroxylation sites is 5. The Kier molecular flexibility index (Phi) is 3.06. The highest BCUT2D eigenvalue weighted by Crippen LogP contribution is 2.46. The Hall–Kier alpha value is -7.21. The molecule has 2 aliphatic rings. The lowest BCUT2D eigenvalue weighted by atomic mass is 9.57. The van der Waals surface area contributed by atoms with Crippen LogP contribution in [0.25, 0.3) is 88.4 Å². The third-order valence-corrected chi connectivity index (χ3v) is 11.2. The number of aromatic nitrogens is 2. The fourth-order valence-corrected chi connectivity index (χ4v) is 8.76. The zero-order chi connectivity index (χ0) is 67.3. The molecule has 3 nitrogen and oxygen atoms in total. The molecule has 0 fully saturated rings. The highest BCUT2D eigenvalue weighted by molar-refractivity contribution is 8.28. The molecule has 0 saturated carbocycles. The Bertz CT molecular complexity index is 5320. The number of benzene rings is 9. The topological polar surface area (TPSA) is 19.1 Å². The molecule has 5 heteroatoms. The van der Waals surface area contributed by atoms with Gasteiger partial charge in [0.25, 0.3) is 5.99 Å². The average molecular weight is 802 g/mol. The molecular weight excluding hydrogens is 735 g/mol. The van der Waals surface area contributed by atoms with Crippen LogP contribution in [0.4, 0.5) is 0 Å². The van der Waals surface area contributed by atoms with Gasteiger partial charge < -0.3 is 13.9 Å². The highest BCUT2D eigenvalue weighted by atomic mass is 32.2. The lowest BCUT2D eigenvalue weighted by Gasteiger charge is -2.33. The zero-order valence-electron chi connectivity index (χ0n) is 62.3. The van der Waals surface area contributed by atoms with Crippen molar-refractivity contribution in [2.45, 2.75) is 4.90 Å². The molecule has 0 amide bonds. The van der Waals surface area contributed by atoms with Gasteiger partial charge in [0.2, 0.25) is 0 Å². The van der Waals surface area contributed by atoms with Crippen LogP contribution in [0, 0.1) is 0 Å². The molecule has 0 aliphatic carbocycles. The van der Waals surface area contributed by atoms with E-state index in [2.05, 4.69) is 0 Å². The van der Waals surface area contributed by atoms with Gasteiger partial charge in [0, 0.05) is 37.7 Å². The van der Waals surface area contributed by atoms with Crippen molar-refractivity contribution in [1.29, 1.82) is 0 Å². The van der Waals surface area contributed by atoms with Crippen LogP contribution in [0.5, 0.6) is 11.5 Å². The summed E-state index contributed by atoms with van der Waals surface area (Å²) >= 11 is 0.602. The zero-order valence-corrected chi connectivity index (χ0v) is 30.1. The molecule has 0 bridgehead atoms. The molecule has 2 aliphatic heterocycles. The van der Waals surface area contributed by atoms with E-state index in [0.29, 0.717) is 11.6 Å². The van der Waals surface area contributed by atoms with Crippen molar-refractivity contribution in [1.82, 2.24) is 9.13 Å². The standard InChI is InChI=1S/C54H33BN2OS/c1-7-22-46(57-49-25-10-4-19-41(49)42-20-5-11-26-50(42)57)38(16-1)36-31-44-43-21-6-12-27-53(43)59-55-45-29-28-35(32-51(45)58-52(33-36)54(44)55)34-14-13-15-37(30-34)56-47-23-8-2-17-39(47)40-18-3-9-24-48(40)56/h1-33H/i1D,2D,3D,4D,5D,6D,7D,8D,9D,10D,11D,12D,13D,14D,15D,16D,17D,18D,19D,20D,21D,22D,23D,24D,25D,26D,27D,28D,29D,30D,31D,32D,33D. The molecule has 0 N–H and O–H groups in total. The molecule has 0 spiro atoms. The van der Waals surface area contributed by atoms with Crippen molar-refractivity contribution in [3.63, 3.8) is 0 Å². The number of hydrogen-bond acceptors (Lipinski definition) is 2. The fraction of sp³-hybridized carbons (Fsp3) is 0. The Labute approximate surface area is 392 Å². The van der Waals surface area contributed by atoms with Crippen molar-refractivity contribution < 1.29 is 50.0 Å². The summed E-state index contributed by atoms with van der Waals surface area (Å²) in [5.74, 6) is -3.16. The number of hydrogen-bond donors (Lipinski definition) is 0. The van der Waals surface area contributed by atoms with E-state index < -0.39 is 311 Å². The Balaban J connectivity index is 1.17. The van der Waals surface area contributed by atoms with E-state index in [1.54, 1.807) is 0 Å². The number of fused-ring (bicyclic) bond motifs is 10. The largest absolute Gasteiger partial charge is 0.458 e. The smallest absolute Gasteiger partial charge is 0.289 e. The van der Waals surface area contributed by atoms with E-state index in [4.69, 9.17) is 29.4 Å². The van der Waals surface area contributed by atoms with Crippen molar-refractivity contribution in [2.75, 3.05) is 0 Å². The van der Waals surface area contributed by atoms with Gasteiger partial charge in [-0.05, 0) is 105 Å². The molecule has 9 aromatic carbocycles. The van der Waals surface area contributed by atoms with Crippen LogP contribution < -0.4 is 15.7 Å². The molecule has 4 heterocycles. The SMILES string of the molecule is [2H]c1c([2H])c([2H])c2c(c1[2H])SB1c3c([2H])c([2H])c(-c4c([2H])c([2H])c([2H])c(-n5c6c([2H])c([2H])c([2H])c([2H])c6c6c([2H])c([2H])c([2H])c([2H])c65)c4[2H])c([2H])c3Oc3c([2H])c(-c4c([2H])c([2H])c([2H])c([2H])c4-n4c5c([2H])c([2H])c([2H])c([2H])c5c5c([2H])c([2H])c([2H])c([2H])c54)c([2H])c-2c31. The Morgan fingerprint density at radius 2 is 0.983 bits per heavy atom. The highest BCUT2D eigenvalue weighted by Gasteiger charge is 2.39. The van der Waals surface area contributed by atoms with Crippen molar-refractivity contribution >= 4 is 72.1 Å². The second kappa shape index (κ2) is 12.6. The van der Waals surface area contributed by atoms with Gasteiger partial charge in [0.1, 0.15) is 11.5 Å². The summed E-state index contributed by atoms with van der Waals surface area (Å²) in [6.07, 6.45) is 0. The van der Waals surface area contributed by atoms with Gasteiger partial charge in [0.15, 0.2) is 0 Å². The van der Waals surface area contributed by atoms with Crippen LogP contribution in [-0.2, 0) is 0 Å². The number of nitrogens with zero attached hydrogens (tertiary/aromatic N) is 2. The fourth-order valence-electron chi connectivity index (χ4n) is 7.52. The van der Waals surface area contributed by atoms with E-state index in [1.807, 2.05) is 0 Å². The molecule has 11 aromatic rings. The minimum atomic E-state index is -1.63. The van der Waals surface area contributed by atoms with Gasteiger partial charge in [-0.2, -0.15) is 11.6 Å². The minimum absolute atomic E-state index is 0.321. The molecule has 0 atom stereocenters. The number of rotatable bonds is 4. The lowest BCUT2D eigenvalue weighted by Crippen LogP contribution is -2.46. The summed E-state index contributed by atoms with van der Waals surface area (Å²) in [4.78, 5) is -0.339. The maximum atomic E-state index is 10.2. The lowest BCUT2D eigenvalue weighted by molar-refractivity contribution is 0.488. The molecule has 59 heavy (non-hydrogen) atoms. The maximum Gasteiger partial charge on any atom is 0.289 e. The van der Waals surface area contributed by atoms with Crippen LogP contribution >= 0.6 is 11.6 Å². The summed E-state index contributed by atoms with van der Waals surface area (Å²) in [6.45, 7) is 0. The first-order chi connectivity index (χ1) is 43.0. The quantitative estimate of drug-likeness (QED) is 0.165. The van der Waals surface area contributed by atoms with Gasteiger partial charge in [-0.3, -0.25) is 0 Å². The van der Waals surface area contributed by atoms with E-state index in [0.717, 1.165) is 9.13 Å². The monoisotopic (exact) mass is 801 g/mol. The molecule has 0 saturated heterocycles. The van der Waals surface area contributed by atoms with E-state index in [9.17, 15) is 20.6 Å². The second-order valence-electron chi connectivity index (χ2n) is 13.1. The summed E-state index contributed by atoms with van der Waals surface area (Å²) in [6, 6.07) is -30.5. The van der Waals surface area contributed by atoms with Crippen LogP contribution in [0.15, 0.2) is 204 Å². The van der Waals surface area contributed by atoms with E-state index in [1.165, 1.54) is 0 Å². The Morgan fingerprint density at radius 1 is 0.424 bits per heavy atom. The first-order valence-corrected chi connectivity index (χ1v) is 18.4. The Morgan fingerprint density at radius 3 is 1.68 bits per heavy atom. The summed E-state index contributed by atoms with van der Waals surface area (Å²) in [5.41, 5.74) is -9.53.